The largest absolute Gasteiger partial charge is 0.392 e. The Kier molecular flexibility index (Phi) is 4.48. The Hall–Kier alpha value is -1.93. The first kappa shape index (κ1) is 13.5. The number of nitrogens with zero attached hydrogens (tertiary/aromatic N) is 1. The van der Waals surface area contributed by atoms with Crippen molar-refractivity contribution in [3.8, 4) is 0 Å². The molecule has 1 aromatic rings. The summed E-state index contributed by atoms with van der Waals surface area (Å²) in [6.45, 7) is 3.96. The lowest BCUT2D eigenvalue weighted by atomic mass is 9.91. The molecule has 0 amide bonds. The Morgan fingerprint density at radius 3 is 2.68 bits per heavy atom. The molecule has 1 aliphatic rings. The molecule has 0 heterocycles. The zero-order valence-electron chi connectivity index (χ0n) is 11.3. The summed E-state index contributed by atoms with van der Waals surface area (Å²) in [6.07, 6.45) is 8.30. The molecule has 0 saturated carbocycles. The lowest BCUT2D eigenvalue weighted by Gasteiger charge is -2.15. The summed E-state index contributed by atoms with van der Waals surface area (Å²) in [5.41, 5.74) is 5.36. The molecule has 2 rings (SSSR count). The van der Waals surface area contributed by atoms with Gasteiger partial charge in [0.2, 0.25) is 0 Å². The summed E-state index contributed by atoms with van der Waals surface area (Å²) in [5, 5.41) is 9.09. The third-order valence-corrected chi connectivity index (χ3v) is 3.35. The molecule has 0 fully saturated rings. The third-order valence-electron chi connectivity index (χ3n) is 3.35. The topological polar surface area (TPSA) is 32.6 Å². The molecule has 0 radical (unpaired) electrons. The van der Waals surface area contributed by atoms with Gasteiger partial charge in [-0.25, -0.2) is 0 Å². The van der Waals surface area contributed by atoms with E-state index in [1.165, 1.54) is 5.57 Å². The van der Waals surface area contributed by atoms with Gasteiger partial charge in [0.05, 0.1) is 12.3 Å². The number of benzene rings is 1. The number of allylic oxidation sites excluding steroid dienone is 5. The van der Waals surface area contributed by atoms with E-state index in [-0.39, 0.29) is 6.61 Å². The van der Waals surface area contributed by atoms with Gasteiger partial charge in [-0.3, -0.25) is 4.99 Å². The van der Waals surface area contributed by atoms with Crippen molar-refractivity contribution in [2.24, 2.45) is 4.99 Å². The molecule has 1 aromatic carbocycles. The number of aliphatic imine (C=N–C) groups is 1. The van der Waals surface area contributed by atoms with Crippen LogP contribution in [-0.4, -0.2) is 17.9 Å². The summed E-state index contributed by atoms with van der Waals surface area (Å²) >= 11 is 0. The molecule has 2 heteroatoms. The molecule has 0 aliphatic heterocycles. The smallest absolute Gasteiger partial charge is 0.0718 e. The number of rotatable bonds is 4. The highest BCUT2D eigenvalue weighted by molar-refractivity contribution is 6.15. The lowest BCUT2D eigenvalue weighted by Crippen LogP contribution is -2.08. The summed E-state index contributed by atoms with van der Waals surface area (Å²) in [4.78, 5) is 4.43. The second kappa shape index (κ2) is 6.30. The zero-order chi connectivity index (χ0) is 13.7. The normalized spacial score (nSPS) is 15.8. The quantitative estimate of drug-likeness (QED) is 0.819. The van der Waals surface area contributed by atoms with E-state index in [0.717, 1.165) is 35.3 Å². The molecule has 0 aromatic heterocycles. The van der Waals surface area contributed by atoms with Crippen molar-refractivity contribution in [2.75, 3.05) is 7.05 Å². The third kappa shape index (κ3) is 2.91. The van der Waals surface area contributed by atoms with Gasteiger partial charge in [-0.1, -0.05) is 49.1 Å². The van der Waals surface area contributed by atoms with Crippen LogP contribution in [0, 0.1) is 0 Å². The minimum atomic E-state index is 0.0688. The number of hydrogen-bond acceptors (Lipinski definition) is 2. The van der Waals surface area contributed by atoms with Crippen molar-refractivity contribution in [1.82, 2.24) is 0 Å². The SMILES string of the molecule is C=CC1=C(C(=NC)c2ccc(CO)cc2)C=CCC1. The van der Waals surface area contributed by atoms with Crippen LogP contribution in [0.1, 0.15) is 24.0 Å². The van der Waals surface area contributed by atoms with Crippen molar-refractivity contribution in [2.45, 2.75) is 19.4 Å². The van der Waals surface area contributed by atoms with Gasteiger partial charge in [-0.2, -0.15) is 0 Å². The first-order valence-corrected chi connectivity index (χ1v) is 6.49. The maximum absolute atomic E-state index is 9.09. The molecule has 2 nitrogen and oxygen atoms in total. The Morgan fingerprint density at radius 1 is 1.37 bits per heavy atom. The highest BCUT2D eigenvalue weighted by Crippen LogP contribution is 2.24. The Balaban J connectivity index is 2.42. The van der Waals surface area contributed by atoms with Gasteiger partial charge in [0.15, 0.2) is 0 Å². The van der Waals surface area contributed by atoms with Crippen LogP contribution in [0.2, 0.25) is 0 Å². The van der Waals surface area contributed by atoms with E-state index in [9.17, 15) is 0 Å². The molecule has 0 saturated heterocycles. The fourth-order valence-corrected chi connectivity index (χ4v) is 2.30. The zero-order valence-corrected chi connectivity index (χ0v) is 11.3. The first-order valence-electron chi connectivity index (χ1n) is 6.49. The minimum absolute atomic E-state index is 0.0688. The molecule has 1 N–H and O–H groups in total. The molecule has 19 heavy (non-hydrogen) atoms. The monoisotopic (exact) mass is 253 g/mol. The van der Waals surface area contributed by atoms with Crippen LogP contribution in [0.25, 0.3) is 0 Å². The fourth-order valence-electron chi connectivity index (χ4n) is 2.30. The Labute approximate surface area is 114 Å². The summed E-state index contributed by atoms with van der Waals surface area (Å²) in [5.74, 6) is 0. The first-order chi connectivity index (χ1) is 9.30. The number of aliphatic hydroxyl groups is 1. The number of aliphatic hydroxyl groups excluding tert-OH is 1. The van der Waals surface area contributed by atoms with Crippen LogP contribution < -0.4 is 0 Å². The highest BCUT2D eigenvalue weighted by Gasteiger charge is 2.13. The second-order valence-electron chi connectivity index (χ2n) is 4.51. The molecular weight excluding hydrogens is 234 g/mol. The van der Waals surface area contributed by atoms with Crippen LogP contribution in [0.4, 0.5) is 0 Å². The van der Waals surface area contributed by atoms with Crippen LogP contribution >= 0.6 is 0 Å². The number of hydrogen-bond donors (Lipinski definition) is 1. The Morgan fingerprint density at radius 2 is 2.11 bits per heavy atom. The lowest BCUT2D eigenvalue weighted by molar-refractivity contribution is 0.282. The molecule has 0 unspecified atom stereocenters. The van der Waals surface area contributed by atoms with Crippen molar-refractivity contribution < 1.29 is 5.11 Å². The van der Waals surface area contributed by atoms with Crippen molar-refractivity contribution in [3.05, 3.63) is 71.3 Å². The van der Waals surface area contributed by atoms with Gasteiger partial charge in [-0.15, -0.1) is 0 Å². The fraction of sp³-hybridized carbons (Fsp3) is 0.235. The van der Waals surface area contributed by atoms with Gasteiger partial charge < -0.3 is 5.11 Å². The molecule has 1 aliphatic carbocycles. The van der Waals surface area contributed by atoms with E-state index in [4.69, 9.17) is 5.11 Å². The van der Waals surface area contributed by atoms with E-state index < -0.39 is 0 Å². The standard InChI is InChI=1S/C17H19NO/c1-3-14-6-4-5-7-16(14)17(18-2)15-10-8-13(12-19)9-11-15/h3,5,7-11,19H,1,4,6,12H2,2H3. The molecule has 98 valence electrons. The predicted molar refractivity (Wildman–Crippen MR) is 80.4 cm³/mol. The van der Waals surface area contributed by atoms with E-state index in [2.05, 4.69) is 23.7 Å². The summed E-state index contributed by atoms with van der Waals surface area (Å²) in [6, 6.07) is 7.87. The predicted octanol–water partition coefficient (Wildman–Crippen LogP) is 3.43. The van der Waals surface area contributed by atoms with E-state index in [1.54, 1.807) is 0 Å². The molecule has 0 bridgehead atoms. The van der Waals surface area contributed by atoms with Crippen LogP contribution in [0.5, 0.6) is 0 Å². The molecule has 0 atom stereocenters. The van der Waals surface area contributed by atoms with E-state index >= 15 is 0 Å². The molecule has 0 spiro atoms. The van der Waals surface area contributed by atoms with Gasteiger partial charge in [0.1, 0.15) is 0 Å². The van der Waals surface area contributed by atoms with Crippen LogP contribution in [0.3, 0.4) is 0 Å². The highest BCUT2D eigenvalue weighted by atomic mass is 16.3. The summed E-state index contributed by atoms with van der Waals surface area (Å²) < 4.78 is 0. The van der Waals surface area contributed by atoms with E-state index in [0.29, 0.717) is 0 Å². The van der Waals surface area contributed by atoms with E-state index in [1.807, 2.05) is 37.4 Å². The van der Waals surface area contributed by atoms with Crippen molar-refractivity contribution in [3.63, 3.8) is 0 Å². The Bertz CT molecular complexity index is 547. The van der Waals surface area contributed by atoms with Gasteiger partial charge in [0, 0.05) is 18.2 Å². The second-order valence-corrected chi connectivity index (χ2v) is 4.51. The van der Waals surface area contributed by atoms with Gasteiger partial charge in [-0.05, 0) is 24.0 Å². The van der Waals surface area contributed by atoms with Gasteiger partial charge >= 0.3 is 0 Å². The van der Waals surface area contributed by atoms with Crippen LogP contribution in [0.15, 0.2) is 65.2 Å². The molecular formula is C17H19NO. The maximum Gasteiger partial charge on any atom is 0.0718 e. The average molecular weight is 253 g/mol. The maximum atomic E-state index is 9.09. The van der Waals surface area contributed by atoms with Crippen LogP contribution in [-0.2, 0) is 6.61 Å². The van der Waals surface area contributed by atoms with Gasteiger partial charge in [0.25, 0.3) is 0 Å². The van der Waals surface area contributed by atoms with Crippen molar-refractivity contribution in [1.29, 1.82) is 0 Å². The minimum Gasteiger partial charge on any atom is -0.392 e. The van der Waals surface area contributed by atoms with Crippen molar-refractivity contribution >= 4 is 5.71 Å². The average Bonchev–Trinajstić information content (AvgIpc) is 2.49. The summed E-state index contributed by atoms with van der Waals surface area (Å²) in [7, 11) is 1.81.